The van der Waals surface area contributed by atoms with E-state index < -0.39 is 0 Å². The fraction of sp³-hybridized carbons (Fsp3) is 0.625. The fourth-order valence-electron chi connectivity index (χ4n) is 2.71. The molecule has 2 rings (SSSR count). The summed E-state index contributed by atoms with van der Waals surface area (Å²) in [7, 11) is 1.68. The minimum atomic E-state index is 0.476. The molecule has 1 N–H and O–H groups in total. The molecule has 1 aromatic rings. The average Bonchev–Trinajstić information content (AvgIpc) is 2.69. The van der Waals surface area contributed by atoms with E-state index in [-0.39, 0.29) is 0 Å². The molecular formula is C16H25NO2. The van der Waals surface area contributed by atoms with Crippen molar-refractivity contribution in [3.05, 3.63) is 24.3 Å². The van der Waals surface area contributed by atoms with Crippen LogP contribution in [0.15, 0.2) is 24.3 Å². The zero-order chi connectivity index (χ0) is 13.7. The van der Waals surface area contributed by atoms with Crippen LogP contribution >= 0.6 is 0 Å². The fourth-order valence-corrected chi connectivity index (χ4v) is 2.71. The van der Waals surface area contributed by atoms with Crippen LogP contribution in [-0.4, -0.2) is 26.4 Å². The van der Waals surface area contributed by atoms with Gasteiger partial charge < -0.3 is 14.8 Å². The summed E-state index contributed by atoms with van der Waals surface area (Å²) in [5.74, 6) is 0.902. The summed E-state index contributed by atoms with van der Waals surface area (Å²) >= 11 is 0. The van der Waals surface area contributed by atoms with Crippen LogP contribution in [0, 0.1) is 5.41 Å². The summed E-state index contributed by atoms with van der Waals surface area (Å²) in [4.78, 5) is 0. The molecule has 0 aliphatic heterocycles. The Morgan fingerprint density at radius 3 is 2.84 bits per heavy atom. The number of methoxy groups -OCH3 is 1. The van der Waals surface area contributed by atoms with Gasteiger partial charge in [-0.15, -0.1) is 0 Å². The molecule has 0 bridgehead atoms. The largest absolute Gasteiger partial charge is 0.491 e. The van der Waals surface area contributed by atoms with E-state index in [9.17, 15) is 0 Å². The molecule has 1 aliphatic carbocycles. The summed E-state index contributed by atoms with van der Waals surface area (Å²) in [6.45, 7) is 5.91. The van der Waals surface area contributed by atoms with Crippen LogP contribution in [-0.2, 0) is 4.74 Å². The molecule has 0 amide bonds. The highest BCUT2D eigenvalue weighted by Gasteiger charge is 2.30. The molecule has 19 heavy (non-hydrogen) atoms. The maximum Gasteiger partial charge on any atom is 0.121 e. The van der Waals surface area contributed by atoms with Crippen molar-refractivity contribution in [2.45, 2.75) is 39.2 Å². The van der Waals surface area contributed by atoms with E-state index in [0.29, 0.717) is 24.7 Å². The van der Waals surface area contributed by atoms with E-state index in [1.165, 1.54) is 19.3 Å². The van der Waals surface area contributed by atoms with Crippen molar-refractivity contribution in [2.75, 3.05) is 25.6 Å². The van der Waals surface area contributed by atoms with E-state index in [1.807, 2.05) is 12.1 Å². The maximum atomic E-state index is 5.63. The Morgan fingerprint density at radius 1 is 1.32 bits per heavy atom. The number of nitrogens with one attached hydrogen (secondary N) is 1. The predicted octanol–water partition coefficient (Wildman–Crippen LogP) is 3.70. The Bertz CT molecular complexity index is 403. The molecule has 1 aliphatic rings. The van der Waals surface area contributed by atoms with E-state index in [2.05, 4.69) is 31.3 Å². The van der Waals surface area contributed by atoms with Gasteiger partial charge in [-0.3, -0.25) is 0 Å². The Balaban J connectivity index is 1.88. The highest BCUT2D eigenvalue weighted by Crippen LogP contribution is 2.38. The van der Waals surface area contributed by atoms with Gasteiger partial charge in [0, 0.05) is 24.9 Å². The lowest BCUT2D eigenvalue weighted by Crippen LogP contribution is -2.17. The van der Waals surface area contributed by atoms with E-state index >= 15 is 0 Å². The molecule has 0 radical (unpaired) electrons. The van der Waals surface area contributed by atoms with Gasteiger partial charge in [0.15, 0.2) is 0 Å². The highest BCUT2D eigenvalue weighted by molar-refractivity contribution is 5.49. The second-order valence-electron chi connectivity index (χ2n) is 6.12. The van der Waals surface area contributed by atoms with Crippen LogP contribution in [0.4, 0.5) is 5.69 Å². The molecule has 1 aromatic carbocycles. The first-order valence-electron chi connectivity index (χ1n) is 7.07. The van der Waals surface area contributed by atoms with Gasteiger partial charge in [-0.1, -0.05) is 19.9 Å². The van der Waals surface area contributed by atoms with Crippen LogP contribution in [0.5, 0.6) is 5.75 Å². The maximum absolute atomic E-state index is 5.63. The van der Waals surface area contributed by atoms with Gasteiger partial charge in [0.1, 0.15) is 12.4 Å². The van der Waals surface area contributed by atoms with E-state index in [4.69, 9.17) is 9.47 Å². The van der Waals surface area contributed by atoms with Crippen LogP contribution < -0.4 is 10.1 Å². The third-order valence-electron chi connectivity index (χ3n) is 3.73. The van der Waals surface area contributed by atoms with Crippen molar-refractivity contribution >= 4 is 5.69 Å². The minimum absolute atomic E-state index is 0.476. The van der Waals surface area contributed by atoms with Crippen molar-refractivity contribution in [1.29, 1.82) is 0 Å². The standard InChI is InChI=1S/C16H25NO2/c1-16(2)8-7-14(12-16)17-13-5-4-6-15(11-13)19-10-9-18-3/h4-6,11,14,17H,7-10,12H2,1-3H3. The van der Waals surface area contributed by atoms with Gasteiger partial charge in [-0.2, -0.15) is 0 Å². The molecule has 1 fully saturated rings. The van der Waals surface area contributed by atoms with Crippen LogP contribution in [0.1, 0.15) is 33.1 Å². The zero-order valence-electron chi connectivity index (χ0n) is 12.2. The molecular weight excluding hydrogens is 238 g/mol. The highest BCUT2D eigenvalue weighted by atomic mass is 16.5. The number of rotatable bonds is 6. The Hall–Kier alpha value is -1.22. The van der Waals surface area contributed by atoms with Gasteiger partial charge >= 0.3 is 0 Å². The molecule has 0 heterocycles. The number of hydrogen-bond acceptors (Lipinski definition) is 3. The van der Waals surface area contributed by atoms with Crippen molar-refractivity contribution in [3.8, 4) is 5.75 Å². The molecule has 1 unspecified atom stereocenters. The number of hydrogen-bond donors (Lipinski definition) is 1. The lowest BCUT2D eigenvalue weighted by atomic mass is 9.92. The molecule has 1 atom stereocenters. The monoisotopic (exact) mass is 263 g/mol. The zero-order valence-corrected chi connectivity index (χ0v) is 12.2. The lowest BCUT2D eigenvalue weighted by Gasteiger charge is -2.19. The summed E-state index contributed by atoms with van der Waals surface area (Å²) in [6.07, 6.45) is 3.79. The molecule has 0 aromatic heterocycles. The van der Waals surface area contributed by atoms with Gasteiger partial charge in [0.2, 0.25) is 0 Å². The first-order valence-corrected chi connectivity index (χ1v) is 7.07. The molecule has 3 heteroatoms. The summed E-state index contributed by atoms with van der Waals surface area (Å²) in [5.41, 5.74) is 1.63. The summed E-state index contributed by atoms with van der Waals surface area (Å²) < 4.78 is 10.6. The first-order chi connectivity index (χ1) is 9.09. The molecule has 3 nitrogen and oxygen atoms in total. The number of anilines is 1. The van der Waals surface area contributed by atoms with Crippen LogP contribution in [0.3, 0.4) is 0 Å². The lowest BCUT2D eigenvalue weighted by molar-refractivity contribution is 0.146. The minimum Gasteiger partial charge on any atom is -0.491 e. The van der Waals surface area contributed by atoms with Crippen LogP contribution in [0.25, 0.3) is 0 Å². The number of ether oxygens (including phenoxy) is 2. The molecule has 0 saturated heterocycles. The normalized spacial score (nSPS) is 21.3. The first kappa shape index (κ1) is 14.2. The van der Waals surface area contributed by atoms with Crippen molar-refractivity contribution in [2.24, 2.45) is 5.41 Å². The molecule has 0 spiro atoms. The second-order valence-corrected chi connectivity index (χ2v) is 6.12. The quantitative estimate of drug-likeness (QED) is 0.794. The topological polar surface area (TPSA) is 30.5 Å². The third kappa shape index (κ3) is 4.43. The Morgan fingerprint density at radius 2 is 2.16 bits per heavy atom. The van der Waals surface area contributed by atoms with Crippen LogP contribution in [0.2, 0.25) is 0 Å². The summed E-state index contributed by atoms with van der Waals surface area (Å²) in [5, 5.41) is 3.62. The Labute approximate surface area is 116 Å². The average molecular weight is 263 g/mol. The van der Waals surface area contributed by atoms with Crippen molar-refractivity contribution in [3.63, 3.8) is 0 Å². The van der Waals surface area contributed by atoms with E-state index in [1.54, 1.807) is 7.11 Å². The Kier molecular flexibility index (Phi) is 4.70. The number of benzene rings is 1. The van der Waals surface area contributed by atoms with Gasteiger partial charge in [0.05, 0.1) is 6.61 Å². The third-order valence-corrected chi connectivity index (χ3v) is 3.73. The van der Waals surface area contributed by atoms with Crippen molar-refractivity contribution < 1.29 is 9.47 Å². The smallest absolute Gasteiger partial charge is 0.121 e. The predicted molar refractivity (Wildman–Crippen MR) is 78.9 cm³/mol. The van der Waals surface area contributed by atoms with Gasteiger partial charge in [-0.25, -0.2) is 0 Å². The van der Waals surface area contributed by atoms with Crippen molar-refractivity contribution in [1.82, 2.24) is 0 Å². The van der Waals surface area contributed by atoms with Gasteiger partial charge in [0.25, 0.3) is 0 Å². The summed E-state index contributed by atoms with van der Waals surface area (Å²) in [6, 6.07) is 8.78. The second kappa shape index (κ2) is 6.29. The van der Waals surface area contributed by atoms with E-state index in [0.717, 1.165) is 11.4 Å². The van der Waals surface area contributed by atoms with Gasteiger partial charge in [-0.05, 0) is 36.8 Å². The molecule has 106 valence electrons. The molecule has 1 saturated carbocycles. The SMILES string of the molecule is COCCOc1cccc(NC2CCC(C)(C)C2)c1.